The van der Waals surface area contributed by atoms with Crippen molar-refractivity contribution in [2.45, 2.75) is 25.3 Å². The highest BCUT2D eigenvalue weighted by Crippen LogP contribution is 2.42. The van der Waals surface area contributed by atoms with E-state index in [1.165, 1.54) is 51.7 Å². The summed E-state index contributed by atoms with van der Waals surface area (Å²) in [5.41, 5.74) is 0.103. The molecule has 0 atom stereocenters. The maximum Gasteiger partial charge on any atom is 0.421 e. The Kier molecular flexibility index (Phi) is 10.5. The number of nitrogens with zero attached hydrogens (tertiary/aromatic N) is 4. The number of alkyl halides is 3. The van der Waals surface area contributed by atoms with Crippen LogP contribution < -0.4 is 25.4 Å². The lowest BCUT2D eigenvalue weighted by Crippen LogP contribution is -2.21. The van der Waals surface area contributed by atoms with Gasteiger partial charge in [0.25, 0.3) is 5.91 Å². The molecule has 0 aliphatic carbocycles. The van der Waals surface area contributed by atoms with Crippen molar-refractivity contribution in [2.24, 2.45) is 0 Å². The minimum atomic E-state index is -4.89. The quantitative estimate of drug-likeness (QED) is 0.111. The Labute approximate surface area is 260 Å². The Morgan fingerprint density at radius 2 is 1.80 bits per heavy atom. The zero-order valence-electron chi connectivity index (χ0n) is 24.8. The normalized spacial score (nSPS) is 11.7. The summed E-state index contributed by atoms with van der Waals surface area (Å²) in [5.74, 6) is -1.43. The Balaban J connectivity index is 1.76. The van der Waals surface area contributed by atoms with Gasteiger partial charge >= 0.3 is 13.8 Å². The lowest BCUT2D eigenvalue weighted by molar-refractivity contribution is -0.137. The van der Waals surface area contributed by atoms with E-state index in [1.54, 1.807) is 16.9 Å². The number of benzene rings is 2. The molecule has 4 aromatic rings. The standard InChI is InChI=1S/C28H31F3N7O7P/c1-32-26(40)23-21(8-6-18(24(23)45-3)17-12-34-38(14-17)9-4-10-39)35-25-19(28(29,30)31)13-33-27(37-25)36-20-7-5-16(11-22(20)44-2)15-46(41,42)43/h5-8,11-14,39H,4,9-10,15H2,1-3H3,(H,32,40)(H2,41,42,43)(H2,33,35,36,37). The first-order chi connectivity index (χ1) is 21.8. The minimum absolute atomic E-state index is 0.0287. The van der Waals surface area contributed by atoms with Gasteiger partial charge in [-0.1, -0.05) is 6.07 Å². The average Bonchev–Trinajstić information content (AvgIpc) is 3.47. The zero-order valence-corrected chi connectivity index (χ0v) is 25.7. The summed E-state index contributed by atoms with van der Waals surface area (Å²) >= 11 is 0. The molecule has 0 spiro atoms. The smallest absolute Gasteiger partial charge is 0.421 e. The maximum atomic E-state index is 14.1. The molecule has 0 radical (unpaired) electrons. The molecule has 2 aromatic heterocycles. The van der Waals surface area contributed by atoms with Crippen molar-refractivity contribution in [3.8, 4) is 22.6 Å². The number of carbonyl (C=O) groups excluding carboxylic acids is 1. The third kappa shape index (κ3) is 8.11. The maximum absolute atomic E-state index is 14.1. The van der Waals surface area contributed by atoms with Crippen molar-refractivity contribution in [1.29, 1.82) is 0 Å². The number of rotatable bonds is 13. The van der Waals surface area contributed by atoms with Crippen LogP contribution in [0.3, 0.4) is 0 Å². The van der Waals surface area contributed by atoms with Crippen molar-refractivity contribution >= 4 is 36.6 Å². The number of hydrogen-bond acceptors (Lipinski definition) is 10. The summed E-state index contributed by atoms with van der Waals surface area (Å²) in [4.78, 5) is 39.5. The van der Waals surface area contributed by atoms with Gasteiger partial charge in [0, 0.05) is 43.7 Å². The molecule has 1 amide bonds. The molecular weight excluding hydrogens is 634 g/mol. The first kappa shape index (κ1) is 34.2. The Morgan fingerprint density at radius 3 is 2.43 bits per heavy atom. The molecule has 14 nitrogen and oxygen atoms in total. The predicted octanol–water partition coefficient (Wildman–Crippen LogP) is 4.28. The predicted molar refractivity (Wildman–Crippen MR) is 162 cm³/mol. The van der Waals surface area contributed by atoms with Gasteiger partial charge in [-0.2, -0.15) is 23.3 Å². The van der Waals surface area contributed by atoms with E-state index in [0.29, 0.717) is 30.3 Å². The first-order valence-electron chi connectivity index (χ1n) is 13.5. The number of nitrogens with one attached hydrogen (secondary N) is 3. The molecule has 0 aliphatic heterocycles. The van der Waals surface area contributed by atoms with Crippen molar-refractivity contribution in [3.63, 3.8) is 0 Å². The Bertz CT molecular complexity index is 1760. The van der Waals surface area contributed by atoms with E-state index < -0.39 is 37.2 Å². The van der Waals surface area contributed by atoms with Crippen LogP contribution in [-0.4, -0.2) is 68.4 Å². The molecule has 0 saturated carbocycles. The van der Waals surface area contributed by atoms with Crippen LogP contribution in [-0.2, 0) is 23.4 Å². The highest BCUT2D eigenvalue weighted by molar-refractivity contribution is 7.50. The Morgan fingerprint density at radius 1 is 1.07 bits per heavy atom. The summed E-state index contributed by atoms with van der Waals surface area (Å²) in [6, 6.07) is 7.15. The van der Waals surface area contributed by atoms with Crippen LogP contribution in [0.15, 0.2) is 48.9 Å². The van der Waals surface area contributed by atoms with E-state index in [0.717, 1.165) is 0 Å². The van der Waals surface area contributed by atoms with Gasteiger partial charge in [0.1, 0.15) is 28.4 Å². The highest BCUT2D eigenvalue weighted by atomic mass is 31.2. The molecular formula is C28H31F3N7O7P. The van der Waals surface area contributed by atoms with Gasteiger partial charge in [-0.25, -0.2) is 4.98 Å². The minimum Gasteiger partial charge on any atom is -0.495 e. The van der Waals surface area contributed by atoms with Crippen LogP contribution >= 0.6 is 7.60 Å². The molecule has 4 rings (SSSR count). The molecule has 0 unspecified atom stereocenters. The van der Waals surface area contributed by atoms with Crippen LogP contribution in [0.4, 0.5) is 36.3 Å². The number of aliphatic hydroxyl groups excluding tert-OH is 1. The van der Waals surface area contributed by atoms with Crippen LogP contribution in [0.2, 0.25) is 0 Å². The lowest BCUT2D eigenvalue weighted by atomic mass is 10.0. The van der Waals surface area contributed by atoms with Crippen molar-refractivity contribution < 1.29 is 46.9 Å². The number of halogens is 3. The fourth-order valence-corrected chi connectivity index (χ4v) is 5.17. The second-order valence-electron chi connectivity index (χ2n) is 9.78. The second kappa shape index (κ2) is 14.2. The molecule has 6 N–H and O–H groups in total. The van der Waals surface area contributed by atoms with Crippen LogP contribution in [0, 0.1) is 0 Å². The highest BCUT2D eigenvalue weighted by Gasteiger charge is 2.36. The summed E-state index contributed by atoms with van der Waals surface area (Å²) in [5, 5.41) is 21.2. The van der Waals surface area contributed by atoms with Crippen LogP contribution in [0.25, 0.3) is 11.1 Å². The zero-order chi connectivity index (χ0) is 33.6. The van der Waals surface area contributed by atoms with Gasteiger partial charge in [0.05, 0.1) is 38.0 Å². The summed E-state index contributed by atoms with van der Waals surface area (Å²) in [7, 11) is -0.389. The largest absolute Gasteiger partial charge is 0.495 e. The SMILES string of the molecule is CNC(=O)c1c(Nc2nc(Nc3ccc(CP(=O)(O)O)cc3OC)ncc2C(F)(F)F)ccc(-c2cnn(CCCO)c2)c1OC. The fraction of sp³-hybridized carbons (Fsp3) is 0.286. The molecule has 2 heterocycles. The molecule has 2 aromatic carbocycles. The molecule has 46 heavy (non-hydrogen) atoms. The third-order valence-corrected chi connectivity index (χ3v) is 7.33. The van der Waals surface area contributed by atoms with Gasteiger partial charge in [-0.3, -0.25) is 14.0 Å². The first-order valence-corrected chi connectivity index (χ1v) is 15.3. The van der Waals surface area contributed by atoms with Gasteiger partial charge in [-0.15, -0.1) is 0 Å². The van der Waals surface area contributed by atoms with Crippen molar-refractivity contribution in [3.05, 3.63) is 65.6 Å². The number of aromatic nitrogens is 4. The number of anilines is 4. The average molecular weight is 666 g/mol. The fourth-order valence-electron chi connectivity index (χ4n) is 4.50. The van der Waals surface area contributed by atoms with Gasteiger partial charge in [-0.05, 0) is 36.2 Å². The number of hydrogen-bond donors (Lipinski definition) is 6. The number of methoxy groups -OCH3 is 2. The third-order valence-electron chi connectivity index (χ3n) is 6.55. The van der Waals surface area contributed by atoms with Gasteiger partial charge in [0.15, 0.2) is 0 Å². The second-order valence-corrected chi connectivity index (χ2v) is 11.4. The number of aliphatic hydroxyl groups is 1. The van der Waals surface area contributed by atoms with Gasteiger partial charge < -0.3 is 40.3 Å². The topological polar surface area (TPSA) is 193 Å². The molecule has 0 aliphatic rings. The number of amides is 1. The van der Waals surface area contributed by atoms with E-state index in [2.05, 4.69) is 31.0 Å². The van der Waals surface area contributed by atoms with E-state index in [9.17, 15) is 32.3 Å². The monoisotopic (exact) mass is 665 g/mol. The molecule has 0 saturated heterocycles. The van der Waals surface area contributed by atoms with Crippen LogP contribution in [0.5, 0.6) is 11.5 Å². The molecule has 0 bridgehead atoms. The number of aryl methyl sites for hydroxylation is 1. The Hall–Kier alpha value is -4.70. The van der Waals surface area contributed by atoms with Crippen molar-refractivity contribution in [2.75, 3.05) is 38.5 Å². The van der Waals surface area contributed by atoms with Crippen LogP contribution in [0.1, 0.15) is 27.9 Å². The lowest BCUT2D eigenvalue weighted by Gasteiger charge is -2.19. The molecule has 246 valence electrons. The number of ether oxygens (including phenoxy) is 2. The van der Waals surface area contributed by atoms with E-state index in [-0.39, 0.29) is 46.6 Å². The summed E-state index contributed by atoms with van der Waals surface area (Å²) in [6.45, 7) is 0.410. The van der Waals surface area contributed by atoms with Gasteiger partial charge in [0.2, 0.25) is 5.95 Å². The summed E-state index contributed by atoms with van der Waals surface area (Å²) in [6.07, 6.45) is -1.17. The summed E-state index contributed by atoms with van der Waals surface area (Å²) < 4.78 is 66.2. The van der Waals surface area contributed by atoms with E-state index >= 15 is 0 Å². The van der Waals surface area contributed by atoms with Crippen molar-refractivity contribution in [1.82, 2.24) is 25.1 Å². The number of carbonyl (C=O) groups is 1. The van der Waals surface area contributed by atoms with E-state index in [1.807, 2.05) is 0 Å². The van der Waals surface area contributed by atoms with E-state index in [4.69, 9.17) is 14.6 Å². The molecule has 18 heteroatoms. The molecule has 0 fully saturated rings.